The second kappa shape index (κ2) is 6.75. The average Bonchev–Trinajstić information content (AvgIpc) is 2.38. The Morgan fingerprint density at radius 2 is 1.85 bits per heavy atom. The van der Waals surface area contributed by atoms with Gasteiger partial charge in [-0.05, 0) is 42.5 Å². The smallest absolute Gasteiger partial charge is 0.238 e. The van der Waals surface area contributed by atoms with E-state index in [0.29, 0.717) is 18.4 Å². The van der Waals surface area contributed by atoms with Gasteiger partial charge in [0, 0.05) is 18.8 Å². The fourth-order valence-corrected chi connectivity index (χ4v) is 3.00. The lowest BCUT2D eigenvalue weighted by atomic mass is 9.92. The SMILES string of the molecule is COc1ccc(NC(=O)CN2C[C@@H](C)C[C@H](C)C2)cc1. The molecular weight excluding hydrogens is 252 g/mol. The first-order chi connectivity index (χ1) is 9.56. The molecule has 0 saturated carbocycles. The van der Waals surface area contributed by atoms with Crippen LogP contribution in [0.15, 0.2) is 24.3 Å². The molecule has 1 aliphatic rings. The topological polar surface area (TPSA) is 41.6 Å². The van der Waals surface area contributed by atoms with Crippen molar-refractivity contribution < 1.29 is 9.53 Å². The van der Waals surface area contributed by atoms with Crippen LogP contribution in [0, 0.1) is 11.8 Å². The molecular formula is C16H24N2O2. The van der Waals surface area contributed by atoms with E-state index < -0.39 is 0 Å². The Morgan fingerprint density at radius 1 is 1.25 bits per heavy atom. The Labute approximate surface area is 121 Å². The molecule has 0 unspecified atom stereocenters. The number of methoxy groups -OCH3 is 1. The maximum absolute atomic E-state index is 12.1. The number of hydrogen-bond donors (Lipinski definition) is 1. The van der Waals surface area contributed by atoms with Gasteiger partial charge in [-0.25, -0.2) is 0 Å². The van der Waals surface area contributed by atoms with E-state index in [0.717, 1.165) is 24.5 Å². The van der Waals surface area contributed by atoms with Crippen molar-refractivity contribution in [3.05, 3.63) is 24.3 Å². The first-order valence-corrected chi connectivity index (χ1v) is 7.23. The number of benzene rings is 1. The summed E-state index contributed by atoms with van der Waals surface area (Å²) in [7, 11) is 1.63. The zero-order chi connectivity index (χ0) is 14.5. The third-order valence-electron chi connectivity index (χ3n) is 3.69. The number of amides is 1. The highest BCUT2D eigenvalue weighted by Gasteiger charge is 2.23. The molecule has 0 spiro atoms. The van der Waals surface area contributed by atoms with E-state index in [1.807, 2.05) is 24.3 Å². The van der Waals surface area contributed by atoms with Gasteiger partial charge in [0.25, 0.3) is 0 Å². The summed E-state index contributed by atoms with van der Waals surface area (Å²) in [5.41, 5.74) is 0.814. The van der Waals surface area contributed by atoms with E-state index in [1.54, 1.807) is 7.11 Å². The van der Waals surface area contributed by atoms with Crippen LogP contribution in [0.25, 0.3) is 0 Å². The number of piperidine rings is 1. The van der Waals surface area contributed by atoms with Gasteiger partial charge in [-0.15, -0.1) is 0 Å². The van der Waals surface area contributed by atoms with E-state index in [-0.39, 0.29) is 5.91 Å². The van der Waals surface area contributed by atoms with Crippen molar-refractivity contribution in [2.75, 3.05) is 32.1 Å². The molecule has 1 aromatic rings. The summed E-state index contributed by atoms with van der Waals surface area (Å²) in [6, 6.07) is 7.41. The monoisotopic (exact) mass is 276 g/mol. The molecule has 1 amide bonds. The van der Waals surface area contributed by atoms with Gasteiger partial charge in [-0.2, -0.15) is 0 Å². The minimum absolute atomic E-state index is 0.0523. The molecule has 2 atom stereocenters. The van der Waals surface area contributed by atoms with Crippen molar-refractivity contribution in [1.29, 1.82) is 0 Å². The van der Waals surface area contributed by atoms with Crippen LogP contribution in [0.5, 0.6) is 5.75 Å². The molecule has 2 rings (SSSR count). The number of hydrogen-bond acceptors (Lipinski definition) is 3. The molecule has 0 aromatic heterocycles. The predicted molar refractivity (Wildman–Crippen MR) is 81.0 cm³/mol. The zero-order valence-corrected chi connectivity index (χ0v) is 12.6. The highest BCUT2D eigenvalue weighted by molar-refractivity contribution is 5.92. The van der Waals surface area contributed by atoms with Crippen LogP contribution in [0.3, 0.4) is 0 Å². The zero-order valence-electron chi connectivity index (χ0n) is 12.6. The van der Waals surface area contributed by atoms with Crippen LogP contribution >= 0.6 is 0 Å². The Kier molecular flexibility index (Phi) is 5.01. The van der Waals surface area contributed by atoms with Gasteiger partial charge < -0.3 is 10.1 Å². The molecule has 1 fully saturated rings. The number of carbonyl (C=O) groups is 1. The van der Waals surface area contributed by atoms with Gasteiger partial charge in [0.1, 0.15) is 5.75 Å². The molecule has 110 valence electrons. The molecule has 1 aromatic carbocycles. The van der Waals surface area contributed by atoms with Gasteiger partial charge in [-0.1, -0.05) is 13.8 Å². The highest BCUT2D eigenvalue weighted by Crippen LogP contribution is 2.21. The lowest BCUT2D eigenvalue weighted by Crippen LogP contribution is -2.42. The van der Waals surface area contributed by atoms with E-state index in [1.165, 1.54) is 6.42 Å². The summed E-state index contributed by atoms with van der Waals surface area (Å²) < 4.78 is 5.10. The first-order valence-electron chi connectivity index (χ1n) is 7.23. The van der Waals surface area contributed by atoms with Gasteiger partial charge >= 0.3 is 0 Å². The van der Waals surface area contributed by atoms with Crippen LogP contribution < -0.4 is 10.1 Å². The molecule has 1 heterocycles. The maximum Gasteiger partial charge on any atom is 0.238 e. The van der Waals surface area contributed by atoms with Gasteiger partial charge in [0.2, 0.25) is 5.91 Å². The molecule has 1 N–H and O–H groups in total. The largest absolute Gasteiger partial charge is 0.497 e. The molecule has 4 nitrogen and oxygen atoms in total. The van der Waals surface area contributed by atoms with Crippen molar-refractivity contribution in [2.45, 2.75) is 20.3 Å². The van der Waals surface area contributed by atoms with Gasteiger partial charge in [0.05, 0.1) is 13.7 Å². The summed E-state index contributed by atoms with van der Waals surface area (Å²) in [6.07, 6.45) is 1.26. The van der Waals surface area contributed by atoms with Crippen LogP contribution in [-0.4, -0.2) is 37.6 Å². The number of carbonyl (C=O) groups excluding carboxylic acids is 1. The summed E-state index contributed by atoms with van der Waals surface area (Å²) in [5.74, 6) is 2.19. The maximum atomic E-state index is 12.1. The van der Waals surface area contributed by atoms with Crippen molar-refractivity contribution in [3.8, 4) is 5.75 Å². The number of likely N-dealkylation sites (tertiary alicyclic amines) is 1. The average molecular weight is 276 g/mol. The van der Waals surface area contributed by atoms with E-state index >= 15 is 0 Å². The number of anilines is 1. The Hall–Kier alpha value is -1.55. The van der Waals surface area contributed by atoms with Crippen LogP contribution in [0.1, 0.15) is 20.3 Å². The molecule has 0 radical (unpaired) electrons. The summed E-state index contributed by atoms with van der Waals surface area (Å²) >= 11 is 0. The number of ether oxygens (including phenoxy) is 1. The van der Waals surface area contributed by atoms with Crippen LogP contribution in [0.2, 0.25) is 0 Å². The minimum Gasteiger partial charge on any atom is -0.497 e. The van der Waals surface area contributed by atoms with Crippen LogP contribution in [0.4, 0.5) is 5.69 Å². The third kappa shape index (κ3) is 4.23. The van der Waals surface area contributed by atoms with Crippen LogP contribution in [-0.2, 0) is 4.79 Å². The molecule has 1 aliphatic heterocycles. The second-order valence-electron chi connectivity index (χ2n) is 5.92. The summed E-state index contributed by atoms with van der Waals surface area (Å²) in [6.45, 7) is 7.01. The molecule has 0 bridgehead atoms. The Balaban J connectivity index is 1.85. The third-order valence-corrected chi connectivity index (χ3v) is 3.69. The lowest BCUT2D eigenvalue weighted by molar-refractivity contribution is -0.117. The minimum atomic E-state index is 0.0523. The first kappa shape index (κ1) is 14.9. The van der Waals surface area contributed by atoms with Gasteiger partial charge in [0.15, 0.2) is 0 Å². The van der Waals surface area contributed by atoms with E-state index in [4.69, 9.17) is 4.74 Å². The molecule has 0 aliphatic carbocycles. The summed E-state index contributed by atoms with van der Waals surface area (Å²) in [4.78, 5) is 14.3. The fraction of sp³-hybridized carbons (Fsp3) is 0.562. The quantitative estimate of drug-likeness (QED) is 0.919. The van der Waals surface area contributed by atoms with Crippen molar-refractivity contribution >= 4 is 11.6 Å². The number of rotatable bonds is 4. The Bertz CT molecular complexity index is 434. The second-order valence-corrected chi connectivity index (χ2v) is 5.92. The normalized spacial score (nSPS) is 23.4. The number of nitrogens with zero attached hydrogens (tertiary/aromatic N) is 1. The fourth-order valence-electron chi connectivity index (χ4n) is 3.00. The molecule has 20 heavy (non-hydrogen) atoms. The van der Waals surface area contributed by atoms with Crippen molar-refractivity contribution in [1.82, 2.24) is 4.90 Å². The van der Waals surface area contributed by atoms with E-state index in [2.05, 4.69) is 24.1 Å². The van der Waals surface area contributed by atoms with Gasteiger partial charge in [-0.3, -0.25) is 9.69 Å². The molecule has 4 heteroatoms. The standard InChI is InChI=1S/C16H24N2O2/c1-12-8-13(2)10-18(9-12)11-16(19)17-14-4-6-15(20-3)7-5-14/h4-7,12-13H,8-11H2,1-3H3,(H,17,19)/t12-,13-/m0/s1. The predicted octanol–water partition coefficient (Wildman–Crippen LogP) is 2.61. The highest BCUT2D eigenvalue weighted by atomic mass is 16.5. The lowest BCUT2D eigenvalue weighted by Gasteiger charge is -2.34. The number of nitrogens with one attached hydrogen (secondary N) is 1. The van der Waals surface area contributed by atoms with Crippen molar-refractivity contribution in [2.24, 2.45) is 11.8 Å². The summed E-state index contributed by atoms with van der Waals surface area (Å²) in [5, 5.41) is 2.93. The van der Waals surface area contributed by atoms with E-state index in [9.17, 15) is 4.79 Å². The van der Waals surface area contributed by atoms with Crippen molar-refractivity contribution in [3.63, 3.8) is 0 Å². The Morgan fingerprint density at radius 3 is 2.40 bits per heavy atom. The molecule has 1 saturated heterocycles.